The fourth-order valence-electron chi connectivity index (χ4n) is 4.90. The highest BCUT2D eigenvalue weighted by Crippen LogP contribution is 2.50. The van der Waals surface area contributed by atoms with E-state index in [0.29, 0.717) is 56.1 Å². The second-order valence-electron chi connectivity index (χ2n) is 10.1. The quantitative estimate of drug-likeness (QED) is 0.403. The van der Waals surface area contributed by atoms with Crippen LogP contribution in [0.4, 0.5) is 36.8 Å². The Morgan fingerprint density at radius 2 is 1.51 bits per heavy atom. The Hall–Kier alpha value is -2.88. The number of nitrogens with zero attached hydrogens (tertiary/aromatic N) is 1. The molecule has 2 aliphatic rings. The molecule has 8 nitrogen and oxygen atoms in total. The molecule has 0 radical (unpaired) electrons. The molecular formula is C26H29F6N3O5S. The van der Waals surface area contributed by atoms with E-state index >= 15 is 0 Å². The third-order valence-electron chi connectivity index (χ3n) is 7.28. The number of carbonyl (C=O) groups excluding carboxylic acids is 1. The van der Waals surface area contributed by atoms with E-state index in [2.05, 4.69) is 10.6 Å². The summed E-state index contributed by atoms with van der Waals surface area (Å²) in [5, 5.41) is 14.3. The maximum Gasteiger partial charge on any atom is 0.430 e. The van der Waals surface area contributed by atoms with Gasteiger partial charge < -0.3 is 20.5 Å². The largest absolute Gasteiger partial charge is 0.430 e. The summed E-state index contributed by atoms with van der Waals surface area (Å²) < 4.78 is 110. The number of urea groups is 1. The molecule has 0 unspecified atom stereocenters. The lowest BCUT2D eigenvalue weighted by Gasteiger charge is -2.33. The predicted octanol–water partition coefficient (Wildman–Crippen LogP) is 4.35. The number of piperidine rings is 1. The third kappa shape index (κ3) is 6.79. The molecule has 0 aliphatic carbocycles. The van der Waals surface area contributed by atoms with E-state index in [9.17, 15) is 44.7 Å². The molecule has 41 heavy (non-hydrogen) atoms. The Morgan fingerprint density at radius 1 is 0.927 bits per heavy atom. The third-order valence-corrected chi connectivity index (χ3v) is 9.56. The number of carbonyl (C=O) groups is 1. The second kappa shape index (κ2) is 11.8. The highest BCUT2D eigenvalue weighted by atomic mass is 32.2. The Morgan fingerprint density at radius 3 is 2.02 bits per heavy atom. The summed E-state index contributed by atoms with van der Waals surface area (Å²) in [5.74, 6) is 0. The number of likely N-dealkylation sites (tertiary alicyclic amines) is 1. The van der Waals surface area contributed by atoms with Crippen LogP contribution in [0.15, 0.2) is 53.4 Å². The van der Waals surface area contributed by atoms with E-state index in [-0.39, 0.29) is 30.3 Å². The van der Waals surface area contributed by atoms with Crippen molar-refractivity contribution >= 4 is 21.6 Å². The molecule has 1 atom stereocenters. The summed E-state index contributed by atoms with van der Waals surface area (Å²) in [6.07, 6.45) is -10.7. The van der Waals surface area contributed by atoms with Crippen molar-refractivity contribution in [2.24, 2.45) is 0 Å². The zero-order chi connectivity index (χ0) is 30.1. The number of ether oxygens (including phenoxy) is 1. The maximum atomic E-state index is 13.2. The molecule has 0 aromatic heterocycles. The van der Waals surface area contributed by atoms with Crippen LogP contribution in [0.25, 0.3) is 0 Å². The summed E-state index contributed by atoms with van der Waals surface area (Å²) in [6.45, 7) is 1.87. The van der Waals surface area contributed by atoms with Crippen LogP contribution in [-0.4, -0.2) is 74.4 Å². The fourth-order valence-corrected chi connectivity index (χ4v) is 6.63. The maximum absolute atomic E-state index is 13.2. The SMILES string of the molecule is O=C(Nc1ccc(S(=O)(=O)C2CCN(Cc3ccc(C(O)(C(F)(F)F)C(F)(F)F)cc3)CC2)cc1)N[C@H]1CCOC1. The summed E-state index contributed by atoms with van der Waals surface area (Å²) in [5.41, 5.74) is -5.49. The van der Waals surface area contributed by atoms with Crippen LogP contribution in [0.2, 0.25) is 0 Å². The van der Waals surface area contributed by atoms with Gasteiger partial charge in [0.2, 0.25) is 0 Å². The summed E-state index contributed by atoms with van der Waals surface area (Å²) in [6, 6.07) is 8.68. The molecule has 0 saturated carbocycles. The van der Waals surface area contributed by atoms with Crippen LogP contribution in [0.5, 0.6) is 0 Å². The Bertz CT molecular complexity index is 1290. The van der Waals surface area contributed by atoms with Gasteiger partial charge in [0.1, 0.15) is 0 Å². The van der Waals surface area contributed by atoms with Crippen molar-refractivity contribution in [3.63, 3.8) is 0 Å². The lowest BCUT2D eigenvalue weighted by molar-refractivity contribution is -0.376. The zero-order valence-corrected chi connectivity index (χ0v) is 22.5. The van der Waals surface area contributed by atoms with Crippen molar-refractivity contribution in [2.75, 3.05) is 31.6 Å². The van der Waals surface area contributed by atoms with Crippen molar-refractivity contribution in [1.29, 1.82) is 0 Å². The number of hydrogen-bond acceptors (Lipinski definition) is 6. The van der Waals surface area contributed by atoms with Gasteiger partial charge in [0.05, 0.1) is 22.8 Å². The number of rotatable bonds is 7. The van der Waals surface area contributed by atoms with Crippen LogP contribution in [-0.2, 0) is 26.7 Å². The Kier molecular flexibility index (Phi) is 8.92. The number of sulfone groups is 1. The van der Waals surface area contributed by atoms with Gasteiger partial charge >= 0.3 is 18.4 Å². The minimum absolute atomic E-state index is 0.0799. The van der Waals surface area contributed by atoms with E-state index in [4.69, 9.17) is 4.74 Å². The number of aliphatic hydroxyl groups is 1. The van der Waals surface area contributed by atoms with E-state index in [1.807, 2.05) is 4.90 Å². The lowest BCUT2D eigenvalue weighted by Crippen LogP contribution is -2.53. The topological polar surface area (TPSA) is 108 Å². The molecule has 15 heteroatoms. The first kappa shape index (κ1) is 31.1. The van der Waals surface area contributed by atoms with Gasteiger partial charge in [-0.3, -0.25) is 4.90 Å². The van der Waals surface area contributed by atoms with Crippen molar-refractivity contribution in [2.45, 2.75) is 59.9 Å². The Labute approximate surface area is 232 Å². The van der Waals surface area contributed by atoms with Gasteiger partial charge in [0.15, 0.2) is 9.84 Å². The highest BCUT2D eigenvalue weighted by molar-refractivity contribution is 7.92. The van der Waals surface area contributed by atoms with Gasteiger partial charge in [-0.05, 0) is 62.2 Å². The van der Waals surface area contributed by atoms with E-state index in [0.717, 1.165) is 12.1 Å². The van der Waals surface area contributed by atoms with E-state index in [1.165, 1.54) is 24.3 Å². The number of hydrogen-bond donors (Lipinski definition) is 3. The molecule has 2 saturated heterocycles. The predicted molar refractivity (Wildman–Crippen MR) is 136 cm³/mol. The first-order valence-corrected chi connectivity index (χ1v) is 14.3. The van der Waals surface area contributed by atoms with Crippen molar-refractivity contribution < 1.29 is 49.4 Å². The molecule has 2 aromatic rings. The van der Waals surface area contributed by atoms with Crippen LogP contribution in [0.1, 0.15) is 30.4 Å². The molecule has 2 amide bonds. The number of halogens is 6. The minimum Gasteiger partial charge on any atom is -0.379 e. The van der Waals surface area contributed by atoms with Gasteiger partial charge in [-0.1, -0.05) is 24.3 Å². The first-order chi connectivity index (χ1) is 19.1. The Balaban J connectivity index is 1.32. The second-order valence-corrected chi connectivity index (χ2v) is 12.3. The van der Waals surface area contributed by atoms with Crippen molar-refractivity contribution in [3.8, 4) is 0 Å². The number of amides is 2. The van der Waals surface area contributed by atoms with Gasteiger partial charge in [-0.15, -0.1) is 0 Å². The van der Waals surface area contributed by atoms with Gasteiger partial charge in [-0.25, -0.2) is 13.2 Å². The smallest absolute Gasteiger partial charge is 0.379 e. The normalized spacial score (nSPS) is 19.7. The monoisotopic (exact) mass is 609 g/mol. The standard InChI is InChI=1S/C26H29F6N3O5S/c27-25(28,29)24(37,26(30,31)32)18-3-1-17(2-4-18)15-35-12-9-22(10-13-35)41(38,39)21-7-5-19(6-8-21)33-23(36)34-20-11-14-40-16-20/h1-8,20,22,37H,9-16H2,(H2,33,34,36)/t20-/m0/s1. The molecule has 226 valence electrons. The van der Waals surface area contributed by atoms with Gasteiger partial charge in [0, 0.05) is 24.4 Å². The molecule has 2 fully saturated rings. The first-order valence-electron chi connectivity index (χ1n) is 12.8. The molecule has 4 rings (SSSR count). The number of anilines is 1. The molecule has 2 aliphatic heterocycles. The lowest BCUT2D eigenvalue weighted by atomic mass is 9.91. The van der Waals surface area contributed by atoms with E-state index < -0.39 is 44.6 Å². The van der Waals surface area contributed by atoms with Crippen molar-refractivity contribution in [1.82, 2.24) is 10.2 Å². The average Bonchev–Trinajstić information content (AvgIpc) is 3.41. The molecule has 2 heterocycles. The van der Waals surface area contributed by atoms with E-state index in [1.54, 1.807) is 0 Å². The minimum atomic E-state index is -5.96. The molecule has 0 bridgehead atoms. The van der Waals surface area contributed by atoms with Crippen LogP contribution >= 0.6 is 0 Å². The molecule has 2 aromatic carbocycles. The average molecular weight is 610 g/mol. The van der Waals surface area contributed by atoms with Crippen LogP contribution in [0, 0.1) is 0 Å². The van der Waals surface area contributed by atoms with Crippen LogP contribution in [0.3, 0.4) is 0 Å². The molecule has 0 spiro atoms. The van der Waals surface area contributed by atoms with Crippen LogP contribution < -0.4 is 10.6 Å². The number of nitrogens with one attached hydrogen (secondary N) is 2. The van der Waals surface area contributed by atoms with Gasteiger partial charge in [-0.2, -0.15) is 26.3 Å². The number of benzene rings is 2. The highest BCUT2D eigenvalue weighted by Gasteiger charge is 2.71. The summed E-state index contributed by atoms with van der Waals surface area (Å²) >= 11 is 0. The van der Waals surface area contributed by atoms with Gasteiger partial charge in [0.25, 0.3) is 5.60 Å². The summed E-state index contributed by atoms with van der Waals surface area (Å²) in [7, 11) is -3.68. The molecule has 3 N–H and O–H groups in total. The zero-order valence-electron chi connectivity index (χ0n) is 21.6. The fraction of sp³-hybridized carbons (Fsp3) is 0.500. The van der Waals surface area contributed by atoms with Crippen molar-refractivity contribution in [3.05, 3.63) is 59.7 Å². The summed E-state index contributed by atoms with van der Waals surface area (Å²) in [4.78, 5) is 14.0. The number of alkyl halides is 6. The molecular weight excluding hydrogens is 580 g/mol.